The highest BCUT2D eigenvalue weighted by molar-refractivity contribution is 6.02. The first kappa shape index (κ1) is 16.8. The summed E-state index contributed by atoms with van der Waals surface area (Å²) < 4.78 is 5.49. The van der Waals surface area contributed by atoms with Crippen molar-refractivity contribution in [2.24, 2.45) is 11.8 Å². The molecular formula is C20H19N5O3. The van der Waals surface area contributed by atoms with Gasteiger partial charge in [0.2, 0.25) is 5.91 Å². The second-order valence-corrected chi connectivity index (χ2v) is 7.68. The number of nitrogens with two attached hydrogens (primary N) is 1. The third-order valence-electron chi connectivity index (χ3n) is 5.87. The molecule has 2 aromatic rings. The van der Waals surface area contributed by atoms with Crippen LogP contribution in [-0.2, 0) is 9.53 Å². The Hall–Kier alpha value is -3.34. The van der Waals surface area contributed by atoms with Gasteiger partial charge >= 0.3 is 6.09 Å². The molecule has 0 bridgehead atoms. The standard InChI is InChI=1S/C20H19N5O3/c21-8-11-5-13(11)19(26)24-18-6-10-4-12(7-15(22)14(10)9-23-18)25-16-2-1-3-17(16)28-20(25)27/h4,6-7,9,11,13,16-17H,1-3,5,22H2,(H,23,24,26)/t11-,13+,16?,17?/m0/s1. The Balaban J connectivity index is 1.46. The van der Waals surface area contributed by atoms with E-state index < -0.39 is 0 Å². The Bertz CT molecular complexity index is 1050. The van der Waals surface area contributed by atoms with Crippen molar-refractivity contribution in [1.82, 2.24) is 4.98 Å². The zero-order valence-electron chi connectivity index (χ0n) is 15.1. The SMILES string of the molecule is N#C[C@@H]1C[C@H]1C(=O)Nc1cc2cc(N3C(=O)OC4CCCC43)cc(N)c2cn1. The van der Waals surface area contributed by atoms with Gasteiger partial charge in [0.1, 0.15) is 11.9 Å². The number of pyridine rings is 1. The molecule has 3 aliphatic rings. The van der Waals surface area contributed by atoms with Crippen LogP contribution >= 0.6 is 0 Å². The van der Waals surface area contributed by atoms with Crippen LogP contribution in [0, 0.1) is 23.2 Å². The number of hydrogen-bond acceptors (Lipinski definition) is 6. The van der Waals surface area contributed by atoms with Crippen LogP contribution in [0.25, 0.3) is 10.8 Å². The summed E-state index contributed by atoms with van der Waals surface area (Å²) in [7, 11) is 0. The second kappa shape index (κ2) is 6.09. The average Bonchev–Trinajstić information content (AvgIpc) is 3.23. The van der Waals surface area contributed by atoms with Gasteiger partial charge in [-0.2, -0.15) is 5.26 Å². The summed E-state index contributed by atoms with van der Waals surface area (Å²) in [6.07, 6.45) is 4.64. The summed E-state index contributed by atoms with van der Waals surface area (Å²) in [4.78, 5) is 30.5. The number of amides is 2. The summed E-state index contributed by atoms with van der Waals surface area (Å²) in [5, 5.41) is 13.2. The lowest BCUT2D eigenvalue weighted by atomic mass is 10.1. The lowest BCUT2D eigenvalue weighted by Crippen LogP contribution is -2.33. The molecule has 2 saturated carbocycles. The molecule has 2 unspecified atom stereocenters. The number of carbonyl (C=O) groups is 2. The van der Waals surface area contributed by atoms with Crippen LogP contribution in [0.1, 0.15) is 25.7 Å². The van der Waals surface area contributed by atoms with Crippen LogP contribution in [0.5, 0.6) is 0 Å². The van der Waals surface area contributed by atoms with Crippen LogP contribution in [-0.4, -0.2) is 29.1 Å². The minimum absolute atomic E-state index is 0.0446. The quantitative estimate of drug-likeness (QED) is 0.793. The second-order valence-electron chi connectivity index (χ2n) is 7.68. The van der Waals surface area contributed by atoms with Crippen molar-refractivity contribution >= 4 is 40.0 Å². The predicted molar refractivity (Wildman–Crippen MR) is 102 cm³/mol. The van der Waals surface area contributed by atoms with Crippen molar-refractivity contribution in [3.63, 3.8) is 0 Å². The van der Waals surface area contributed by atoms with Gasteiger partial charge in [-0.1, -0.05) is 0 Å². The Labute approximate surface area is 161 Å². The molecule has 0 radical (unpaired) electrons. The van der Waals surface area contributed by atoms with Crippen LogP contribution in [0.2, 0.25) is 0 Å². The van der Waals surface area contributed by atoms with Crippen LogP contribution in [0.4, 0.5) is 22.0 Å². The number of carbonyl (C=O) groups excluding carboxylic acids is 2. The number of anilines is 3. The van der Waals surface area contributed by atoms with Crippen molar-refractivity contribution in [3.8, 4) is 6.07 Å². The number of nitrogens with zero attached hydrogens (tertiary/aromatic N) is 3. The first-order chi connectivity index (χ1) is 13.5. The fraction of sp³-hybridized carbons (Fsp3) is 0.400. The smallest absolute Gasteiger partial charge is 0.415 e. The highest BCUT2D eigenvalue weighted by atomic mass is 16.6. The molecule has 2 amide bonds. The third kappa shape index (κ3) is 2.62. The molecule has 1 aromatic heterocycles. The lowest BCUT2D eigenvalue weighted by molar-refractivity contribution is -0.117. The fourth-order valence-corrected chi connectivity index (χ4v) is 4.28. The Morgan fingerprint density at radius 3 is 3.00 bits per heavy atom. The molecular weight excluding hydrogens is 358 g/mol. The molecule has 2 heterocycles. The van der Waals surface area contributed by atoms with E-state index in [1.54, 1.807) is 23.2 Å². The minimum Gasteiger partial charge on any atom is -0.444 e. The maximum atomic E-state index is 12.4. The van der Waals surface area contributed by atoms with E-state index >= 15 is 0 Å². The minimum atomic E-state index is -0.340. The summed E-state index contributed by atoms with van der Waals surface area (Å²) in [5.74, 6) is -0.263. The van der Waals surface area contributed by atoms with E-state index in [1.807, 2.05) is 6.07 Å². The maximum Gasteiger partial charge on any atom is 0.415 e. The van der Waals surface area contributed by atoms with Crippen molar-refractivity contribution < 1.29 is 14.3 Å². The summed E-state index contributed by atoms with van der Waals surface area (Å²) in [5.41, 5.74) is 7.42. The van der Waals surface area contributed by atoms with Crippen LogP contribution in [0.3, 0.4) is 0 Å². The number of fused-ring (bicyclic) bond motifs is 2. The number of nitrogens with one attached hydrogen (secondary N) is 1. The first-order valence-corrected chi connectivity index (χ1v) is 9.45. The number of benzene rings is 1. The van der Waals surface area contributed by atoms with Crippen LogP contribution in [0.15, 0.2) is 24.4 Å². The van der Waals surface area contributed by atoms with Crippen molar-refractivity contribution in [3.05, 3.63) is 24.4 Å². The monoisotopic (exact) mass is 377 g/mol. The van der Waals surface area contributed by atoms with Gasteiger partial charge in [0.25, 0.3) is 0 Å². The molecule has 3 fully saturated rings. The number of rotatable bonds is 3. The van der Waals surface area contributed by atoms with Gasteiger partial charge in [0.15, 0.2) is 0 Å². The van der Waals surface area contributed by atoms with Gasteiger partial charge in [-0.05, 0) is 49.3 Å². The average molecular weight is 377 g/mol. The number of ether oxygens (including phenoxy) is 1. The van der Waals surface area contributed by atoms with E-state index in [4.69, 9.17) is 15.7 Å². The van der Waals surface area contributed by atoms with Crippen molar-refractivity contribution in [2.75, 3.05) is 16.0 Å². The van der Waals surface area contributed by atoms with Gasteiger partial charge in [-0.25, -0.2) is 9.78 Å². The number of nitriles is 1. The molecule has 1 saturated heterocycles. The summed E-state index contributed by atoms with van der Waals surface area (Å²) >= 11 is 0. The Morgan fingerprint density at radius 2 is 2.21 bits per heavy atom. The first-order valence-electron chi connectivity index (χ1n) is 9.45. The molecule has 0 spiro atoms. The largest absolute Gasteiger partial charge is 0.444 e. The molecule has 1 aromatic carbocycles. The molecule has 4 atom stereocenters. The van der Waals surface area contributed by atoms with E-state index in [0.29, 0.717) is 23.6 Å². The van der Waals surface area contributed by atoms with Gasteiger partial charge in [0.05, 0.1) is 29.6 Å². The fourth-order valence-electron chi connectivity index (χ4n) is 4.28. The van der Waals surface area contributed by atoms with Crippen molar-refractivity contribution in [2.45, 2.75) is 37.8 Å². The normalized spacial score (nSPS) is 28.0. The number of nitrogen functional groups attached to an aromatic ring is 1. The molecule has 3 N–H and O–H groups in total. The van der Waals surface area contributed by atoms with Gasteiger partial charge in [-0.3, -0.25) is 9.69 Å². The van der Waals surface area contributed by atoms with Gasteiger partial charge < -0.3 is 15.8 Å². The van der Waals surface area contributed by atoms with E-state index in [0.717, 1.165) is 30.0 Å². The Kier molecular flexibility index (Phi) is 3.66. The topological polar surface area (TPSA) is 121 Å². The zero-order chi connectivity index (χ0) is 19.4. The van der Waals surface area contributed by atoms with E-state index in [2.05, 4.69) is 16.4 Å². The zero-order valence-corrected chi connectivity index (χ0v) is 15.1. The lowest BCUT2D eigenvalue weighted by Gasteiger charge is -2.21. The highest BCUT2D eigenvalue weighted by Crippen LogP contribution is 2.40. The van der Waals surface area contributed by atoms with E-state index in [-0.39, 0.29) is 36.0 Å². The molecule has 28 heavy (non-hydrogen) atoms. The van der Waals surface area contributed by atoms with E-state index in [9.17, 15) is 9.59 Å². The third-order valence-corrected chi connectivity index (χ3v) is 5.87. The van der Waals surface area contributed by atoms with Crippen LogP contribution < -0.4 is 16.0 Å². The molecule has 8 heteroatoms. The Morgan fingerprint density at radius 1 is 1.36 bits per heavy atom. The molecule has 2 aliphatic carbocycles. The van der Waals surface area contributed by atoms with Gasteiger partial charge in [-0.15, -0.1) is 0 Å². The summed E-state index contributed by atoms with van der Waals surface area (Å²) in [6.45, 7) is 0. The summed E-state index contributed by atoms with van der Waals surface area (Å²) in [6, 6.07) is 7.54. The molecule has 142 valence electrons. The molecule has 1 aliphatic heterocycles. The highest BCUT2D eigenvalue weighted by Gasteiger charge is 2.45. The molecule has 5 rings (SSSR count). The number of hydrogen-bond donors (Lipinski definition) is 2. The molecule has 8 nitrogen and oxygen atoms in total. The van der Waals surface area contributed by atoms with E-state index in [1.165, 1.54) is 0 Å². The van der Waals surface area contributed by atoms with Gasteiger partial charge in [0, 0.05) is 17.3 Å². The maximum absolute atomic E-state index is 12.4. The van der Waals surface area contributed by atoms with Crippen molar-refractivity contribution in [1.29, 1.82) is 5.26 Å². The number of aromatic nitrogens is 1. The predicted octanol–water partition coefficient (Wildman–Crippen LogP) is 2.79.